The van der Waals surface area contributed by atoms with Gasteiger partial charge in [-0.3, -0.25) is 4.79 Å². The van der Waals surface area contributed by atoms with Gasteiger partial charge in [-0.2, -0.15) is 0 Å². The van der Waals surface area contributed by atoms with Crippen LogP contribution in [0.1, 0.15) is 41.6 Å². The predicted octanol–water partition coefficient (Wildman–Crippen LogP) is 2.59. The number of nitrogens with zero attached hydrogens (tertiary/aromatic N) is 1. The third kappa shape index (κ3) is 5.43. The van der Waals surface area contributed by atoms with Gasteiger partial charge in [-0.1, -0.05) is 25.0 Å². The van der Waals surface area contributed by atoms with Crippen molar-refractivity contribution in [2.24, 2.45) is 5.73 Å². The van der Waals surface area contributed by atoms with Crippen LogP contribution in [0.3, 0.4) is 0 Å². The Hall–Kier alpha value is -0.810. The van der Waals surface area contributed by atoms with Gasteiger partial charge >= 0.3 is 0 Å². The van der Waals surface area contributed by atoms with Crippen LogP contribution in [-0.2, 0) is 6.54 Å². The number of nitrogens with one attached hydrogen (secondary N) is 1. The van der Waals surface area contributed by atoms with Crippen molar-refractivity contribution in [3.63, 3.8) is 0 Å². The second-order valence-electron chi connectivity index (χ2n) is 6.08. The van der Waals surface area contributed by atoms with Crippen LogP contribution in [0, 0.1) is 0 Å². The van der Waals surface area contributed by atoms with Gasteiger partial charge in [0.2, 0.25) is 0 Å². The molecule has 0 heterocycles. The summed E-state index contributed by atoms with van der Waals surface area (Å²) in [5.74, 6) is -0.00189. The summed E-state index contributed by atoms with van der Waals surface area (Å²) in [4.78, 5) is 14.5. The molecule has 3 N–H and O–H groups in total. The molecule has 1 aromatic carbocycles. The highest BCUT2D eigenvalue weighted by Gasteiger charge is 2.34. The Morgan fingerprint density at radius 3 is 2.45 bits per heavy atom. The van der Waals surface area contributed by atoms with Crippen LogP contribution in [-0.4, -0.2) is 37.0 Å². The van der Waals surface area contributed by atoms with E-state index in [1.54, 1.807) is 0 Å². The van der Waals surface area contributed by atoms with Gasteiger partial charge in [0.15, 0.2) is 0 Å². The third-order valence-electron chi connectivity index (χ3n) is 4.02. The molecular weight excluding hydrogens is 321 g/mol. The zero-order valence-corrected chi connectivity index (χ0v) is 14.9. The van der Waals surface area contributed by atoms with E-state index in [-0.39, 0.29) is 36.3 Å². The van der Waals surface area contributed by atoms with Crippen molar-refractivity contribution in [2.45, 2.75) is 37.8 Å². The Bertz CT molecular complexity index is 474. The molecule has 126 valence electrons. The van der Waals surface area contributed by atoms with Crippen molar-refractivity contribution in [3.8, 4) is 0 Å². The highest BCUT2D eigenvalue weighted by molar-refractivity contribution is 5.94. The Morgan fingerprint density at radius 1 is 1.27 bits per heavy atom. The van der Waals surface area contributed by atoms with Gasteiger partial charge < -0.3 is 16.0 Å². The molecule has 4 nitrogen and oxygen atoms in total. The average Bonchev–Trinajstić information content (AvgIpc) is 2.87. The maximum Gasteiger partial charge on any atom is 0.251 e. The van der Waals surface area contributed by atoms with Crippen molar-refractivity contribution in [1.29, 1.82) is 0 Å². The van der Waals surface area contributed by atoms with Crippen LogP contribution in [0.15, 0.2) is 24.3 Å². The topological polar surface area (TPSA) is 58.4 Å². The number of rotatable bonds is 5. The van der Waals surface area contributed by atoms with Crippen molar-refractivity contribution in [1.82, 2.24) is 10.2 Å². The average molecular weight is 348 g/mol. The van der Waals surface area contributed by atoms with Crippen molar-refractivity contribution >= 4 is 30.7 Å². The maximum absolute atomic E-state index is 12.4. The van der Waals surface area contributed by atoms with E-state index in [2.05, 4.69) is 10.2 Å². The molecule has 0 aromatic heterocycles. The fourth-order valence-electron chi connectivity index (χ4n) is 2.92. The minimum Gasteiger partial charge on any atom is -0.345 e. The second-order valence-corrected chi connectivity index (χ2v) is 6.08. The highest BCUT2D eigenvalue weighted by Crippen LogP contribution is 2.29. The molecule has 1 aromatic rings. The maximum atomic E-state index is 12.4. The molecule has 1 aliphatic carbocycles. The van der Waals surface area contributed by atoms with E-state index in [1.807, 2.05) is 38.4 Å². The first kappa shape index (κ1) is 21.2. The quantitative estimate of drug-likeness (QED) is 0.860. The number of hydrogen-bond donors (Lipinski definition) is 2. The number of nitrogens with two attached hydrogens (primary N) is 1. The predicted molar refractivity (Wildman–Crippen MR) is 96.0 cm³/mol. The van der Waals surface area contributed by atoms with Gasteiger partial charge in [-0.25, -0.2) is 0 Å². The van der Waals surface area contributed by atoms with Crippen LogP contribution in [0.4, 0.5) is 0 Å². The first-order valence-corrected chi connectivity index (χ1v) is 7.31. The van der Waals surface area contributed by atoms with Crippen LogP contribution in [0.2, 0.25) is 0 Å². The molecule has 1 fully saturated rings. The molecule has 22 heavy (non-hydrogen) atoms. The smallest absolute Gasteiger partial charge is 0.251 e. The molecule has 1 amide bonds. The molecule has 0 spiro atoms. The lowest BCUT2D eigenvalue weighted by Gasteiger charge is -2.28. The Kier molecular flexibility index (Phi) is 9.01. The molecule has 0 unspecified atom stereocenters. The fraction of sp³-hybridized carbons (Fsp3) is 0.562. The zero-order valence-electron chi connectivity index (χ0n) is 13.3. The number of carbonyl (C=O) groups is 1. The van der Waals surface area contributed by atoms with E-state index in [9.17, 15) is 4.79 Å². The molecule has 0 aliphatic heterocycles. The molecular formula is C16H27Cl2N3O. The van der Waals surface area contributed by atoms with Crippen LogP contribution in [0.5, 0.6) is 0 Å². The molecule has 0 atom stereocenters. The number of amides is 1. The van der Waals surface area contributed by atoms with E-state index >= 15 is 0 Å². The van der Waals surface area contributed by atoms with Gasteiger partial charge in [0.05, 0.1) is 5.54 Å². The zero-order chi connectivity index (χ0) is 14.6. The Balaban J connectivity index is 0.00000220. The lowest BCUT2D eigenvalue weighted by Crippen LogP contribution is -2.51. The molecule has 1 saturated carbocycles. The van der Waals surface area contributed by atoms with Crippen LogP contribution >= 0.6 is 24.8 Å². The highest BCUT2D eigenvalue weighted by atomic mass is 35.5. The van der Waals surface area contributed by atoms with E-state index in [0.29, 0.717) is 6.54 Å². The summed E-state index contributed by atoms with van der Waals surface area (Å²) in [7, 11) is 4.05. The number of benzene rings is 1. The molecule has 2 rings (SSSR count). The summed E-state index contributed by atoms with van der Waals surface area (Å²) < 4.78 is 0. The van der Waals surface area contributed by atoms with Crippen LogP contribution in [0.25, 0.3) is 0 Å². The summed E-state index contributed by atoms with van der Waals surface area (Å²) in [6, 6.07) is 7.82. The first-order valence-electron chi connectivity index (χ1n) is 7.31. The largest absolute Gasteiger partial charge is 0.345 e. The van der Waals surface area contributed by atoms with Gasteiger partial charge in [-0.05, 0) is 44.6 Å². The number of carbonyl (C=O) groups excluding carboxylic acids is 1. The SMILES string of the molecule is CN(C)Cc1cccc(C(=O)NC2(CN)CCCC2)c1.Cl.Cl. The van der Waals surface area contributed by atoms with E-state index in [1.165, 1.54) is 0 Å². The fourth-order valence-corrected chi connectivity index (χ4v) is 2.92. The summed E-state index contributed by atoms with van der Waals surface area (Å²) in [5.41, 5.74) is 7.56. The minimum absolute atomic E-state index is 0. The number of hydrogen-bond acceptors (Lipinski definition) is 3. The molecule has 6 heteroatoms. The standard InChI is InChI=1S/C16H25N3O.2ClH/c1-19(2)11-13-6-5-7-14(10-13)15(20)18-16(12-17)8-3-4-9-16;;/h5-7,10H,3-4,8-9,11-12,17H2,1-2H3,(H,18,20);2*1H. The molecule has 0 bridgehead atoms. The van der Waals surface area contributed by atoms with Crippen LogP contribution < -0.4 is 11.1 Å². The van der Waals surface area contributed by atoms with Crippen molar-refractivity contribution < 1.29 is 4.79 Å². The van der Waals surface area contributed by atoms with E-state index < -0.39 is 0 Å². The normalized spacial score (nSPS) is 15.8. The van der Waals surface area contributed by atoms with Crippen molar-refractivity contribution in [2.75, 3.05) is 20.6 Å². The Morgan fingerprint density at radius 2 is 1.91 bits per heavy atom. The Labute approximate surface area is 145 Å². The van der Waals surface area contributed by atoms with Gasteiger partial charge in [0.1, 0.15) is 0 Å². The van der Waals surface area contributed by atoms with Gasteiger partial charge in [0, 0.05) is 18.7 Å². The van der Waals surface area contributed by atoms with Crippen molar-refractivity contribution in [3.05, 3.63) is 35.4 Å². The molecule has 0 saturated heterocycles. The summed E-state index contributed by atoms with van der Waals surface area (Å²) in [6.45, 7) is 1.36. The summed E-state index contributed by atoms with van der Waals surface area (Å²) in [6.07, 6.45) is 4.29. The lowest BCUT2D eigenvalue weighted by atomic mass is 9.97. The van der Waals surface area contributed by atoms with E-state index in [4.69, 9.17) is 5.73 Å². The first-order chi connectivity index (χ1) is 9.54. The second kappa shape index (κ2) is 9.36. The summed E-state index contributed by atoms with van der Waals surface area (Å²) >= 11 is 0. The van der Waals surface area contributed by atoms with Gasteiger partial charge in [0.25, 0.3) is 5.91 Å². The van der Waals surface area contributed by atoms with Gasteiger partial charge in [-0.15, -0.1) is 24.8 Å². The molecule has 1 aliphatic rings. The monoisotopic (exact) mass is 347 g/mol. The lowest BCUT2D eigenvalue weighted by molar-refractivity contribution is 0.0903. The number of halogens is 2. The minimum atomic E-state index is -0.186. The summed E-state index contributed by atoms with van der Waals surface area (Å²) in [5, 5.41) is 3.16. The van der Waals surface area contributed by atoms with E-state index in [0.717, 1.165) is 43.4 Å². The third-order valence-corrected chi connectivity index (χ3v) is 4.02. The molecule has 0 radical (unpaired) electrons.